The maximum Gasteiger partial charge on any atom is 0.348 e. The summed E-state index contributed by atoms with van der Waals surface area (Å²) in [5.74, 6) is -0.483. The van der Waals surface area contributed by atoms with Crippen LogP contribution in [0.2, 0.25) is 0 Å². The van der Waals surface area contributed by atoms with Gasteiger partial charge in [-0.25, -0.2) is 14.0 Å². The molecule has 2 aliphatic heterocycles. The molecule has 2 heterocycles. The highest BCUT2D eigenvalue weighted by Gasteiger charge is 2.27. The van der Waals surface area contributed by atoms with E-state index < -0.39 is 15.9 Å². The highest BCUT2D eigenvalue weighted by Crippen LogP contribution is 2.12. The molecule has 0 aromatic heterocycles. The fraction of sp³-hybridized carbons (Fsp3) is 0.571. The Hall–Kier alpha value is -1.56. The maximum atomic E-state index is 12.3. The molecule has 6 heteroatoms. The molecule has 0 saturated carbocycles. The number of hydrogen-bond acceptors (Lipinski definition) is 5. The van der Waals surface area contributed by atoms with E-state index in [9.17, 15) is 9.00 Å². The molecule has 0 aliphatic carbocycles. The third-order valence-electron chi connectivity index (χ3n) is 3.17. The first-order chi connectivity index (χ1) is 9.67. The number of ether oxygens (including phenoxy) is 1. The molecule has 0 aromatic carbocycles. The van der Waals surface area contributed by atoms with Crippen LogP contribution in [-0.4, -0.2) is 43.9 Å². The largest absolute Gasteiger partial charge is 0.462 e. The Morgan fingerprint density at radius 3 is 2.95 bits per heavy atom. The monoisotopic (exact) mass is 296 g/mol. The number of hydrogen-bond donors (Lipinski definition) is 0. The van der Waals surface area contributed by atoms with Crippen molar-refractivity contribution in [1.82, 2.24) is 4.90 Å². The molecule has 2 rings (SSSR count). The molecule has 2 aliphatic rings. The zero-order valence-electron chi connectivity index (χ0n) is 11.9. The Bertz CT molecular complexity index is 602. The van der Waals surface area contributed by atoms with E-state index in [0.29, 0.717) is 11.7 Å². The molecule has 0 atom stereocenters. The first-order valence-corrected chi connectivity index (χ1v) is 8.16. The minimum atomic E-state index is -1.49. The zero-order valence-corrected chi connectivity index (χ0v) is 12.7. The van der Waals surface area contributed by atoms with Gasteiger partial charge in [0.2, 0.25) is 5.11 Å². The molecule has 0 unspecified atom stereocenters. The minimum Gasteiger partial charge on any atom is -0.462 e. The number of carbonyl (C=O) groups excluding carboxylic acids is 1. The van der Waals surface area contributed by atoms with Crippen molar-refractivity contribution < 1.29 is 13.7 Å². The summed E-state index contributed by atoms with van der Waals surface area (Å²) in [6.45, 7) is 4.49. The maximum absolute atomic E-state index is 12.3. The van der Waals surface area contributed by atoms with Crippen LogP contribution in [0.5, 0.6) is 0 Å². The van der Waals surface area contributed by atoms with E-state index in [4.69, 9.17) is 4.74 Å². The van der Waals surface area contributed by atoms with Gasteiger partial charge in [-0.05, 0) is 25.8 Å². The molecule has 20 heavy (non-hydrogen) atoms. The van der Waals surface area contributed by atoms with Crippen LogP contribution in [0.3, 0.4) is 0 Å². The topological polar surface area (TPSA) is 59.0 Å². The first kappa shape index (κ1) is 14.8. The van der Waals surface area contributed by atoms with Crippen LogP contribution in [0.15, 0.2) is 17.3 Å². The Balaban J connectivity index is 2.20. The van der Waals surface area contributed by atoms with Gasteiger partial charge in [-0.3, -0.25) is 0 Å². The molecule has 0 amide bonds. The van der Waals surface area contributed by atoms with Gasteiger partial charge >= 0.3 is 5.97 Å². The lowest BCUT2D eigenvalue weighted by Crippen LogP contribution is -2.30. The standard InChI is InChI=1S/C14H20N2O3S/c1-3-5-6-7-11-8-9-16-10-12(13(17)19-4-2)20(18)14(16)15-11/h8-9H,3-7,10H2,1-2H3. The van der Waals surface area contributed by atoms with E-state index in [1.165, 1.54) is 0 Å². The fourth-order valence-corrected chi connectivity index (χ4v) is 3.33. The van der Waals surface area contributed by atoms with Crippen LogP contribution in [0.4, 0.5) is 0 Å². The summed E-state index contributed by atoms with van der Waals surface area (Å²) in [6.07, 6.45) is 8.07. The molecule has 0 fully saturated rings. The van der Waals surface area contributed by atoms with Crippen molar-refractivity contribution in [1.29, 1.82) is 0 Å². The van der Waals surface area contributed by atoms with Gasteiger partial charge in [0.05, 0.1) is 23.1 Å². The smallest absolute Gasteiger partial charge is 0.348 e. The molecule has 0 aromatic rings. The zero-order chi connectivity index (χ0) is 14.5. The molecule has 110 valence electrons. The lowest BCUT2D eigenvalue weighted by atomic mass is 10.1. The second kappa shape index (κ2) is 6.74. The number of aliphatic imine (C=N–C) groups is 1. The average Bonchev–Trinajstić information content (AvgIpc) is 2.77. The molecule has 5 nitrogen and oxygen atoms in total. The summed E-state index contributed by atoms with van der Waals surface area (Å²) in [5, 5.41) is 0.460. The lowest BCUT2D eigenvalue weighted by Gasteiger charge is -2.18. The number of rotatable bonds is 6. The van der Waals surface area contributed by atoms with Crippen LogP contribution in [0.1, 0.15) is 39.5 Å². The Morgan fingerprint density at radius 1 is 1.45 bits per heavy atom. The van der Waals surface area contributed by atoms with Gasteiger partial charge in [0.1, 0.15) is 4.86 Å². The summed E-state index contributed by atoms with van der Waals surface area (Å²) in [6, 6.07) is 0. The van der Waals surface area contributed by atoms with E-state index in [0.717, 1.165) is 31.4 Å². The van der Waals surface area contributed by atoms with Crippen molar-refractivity contribution in [2.75, 3.05) is 13.2 Å². The Morgan fingerprint density at radius 2 is 2.25 bits per heavy atom. The van der Waals surface area contributed by atoms with E-state index in [-0.39, 0.29) is 11.5 Å². The lowest BCUT2D eigenvalue weighted by molar-refractivity contribution is -0.134. The summed E-state index contributed by atoms with van der Waals surface area (Å²) in [4.78, 5) is 18.2. The summed E-state index contributed by atoms with van der Waals surface area (Å²) in [5.41, 5.74) is 0.933. The number of esters is 1. The predicted molar refractivity (Wildman–Crippen MR) is 82.2 cm³/mol. The third-order valence-corrected chi connectivity index (χ3v) is 4.58. The highest BCUT2D eigenvalue weighted by molar-refractivity contribution is 7.86. The van der Waals surface area contributed by atoms with Crippen LogP contribution in [0, 0.1) is 0 Å². The van der Waals surface area contributed by atoms with Gasteiger partial charge in [0.25, 0.3) is 0 Å². The number of unbranched alkanes of at least 4 members (excludes halogenated alkanes) is 2. The number of carbonyl (C=O) groups is 1. The van der Waals surface area contributed by atoms with Gasteiger partial charge in [0.15, 0.2) is 0 Å². The van der Waals surface area contributed by atoms with E-state index in [1.807, 2.05) is 12.3 Å². The summed E-state index contributed by atoms with van der Waals surface area (Å²) < 4.78 is 17.2. The van der Waals surface area contributed by atoms with Crippen molar-refractivity contribution in [3.8, 4) is 0 Å². The van der Waals surface area contributed by atoms with Crippen molar-refractivity contribution in [3.63, 3.8) is 0 Å². The quantitative estimate of drug-likeness (QED) is 0.422. The Kier molecular flexibility index (Phi) is 5.00. The van der Waals surface area contributed by atoms with Gasteiger partial charge in [0, 0.05) is 11.9 Å². The van der Waals surface area contributed by atoms with E-state index in [1.54, 1.807) is 11.8 Å². The third kappa shape index (κ3) is 3.12. The highest BCUT2D eigenvalue weighted by atomic mass is 32.1. The second-order valence-electron chi connectivity index (χ2n) is 4.70. The van der Waals surface area contributed by atoms with Crippen LogP contribution < -0.4 is 0 Å². The summed E-state index contributed by atoms with van der Waals surface area (Å²) in [7, 11) is -1.49. The first-order valence-electron chi connectivity index (χ1n) is 7.01. The van der Waals surface area contributed by atoms with Crippen molar-refractivity contribution in [2.45, 2.75) is 39.5 Å². The number of allylic oxidation sites excluding steroid dienone is 1. The molecule has 0 spiro atoms. The van der Waals surface area contributed by atoms with Crippen LogP contribution in [-0.2, 0) is 19.5 Å². The molecule has 0 N–H and O–H groups in total. The molecular weight excluding hydrogens is 276 g/mol. The van der Waals surface area contributed by atoms with Crippen molar-refractivity contribution >= 4 is 31.6 Å². The number of nitrogens with zero attached hydrogens (tertiary/aromatic N) is 2. The van der Waals surface area contributed by atoms with Crippen LogP contribution >= 0.6 is 0 Å². The SMILES string of the molecule is CCCCCC1=NC2=S(=O)=C(C(=O)OCC)CN2C=C1. The average molecular weight is 296 g/mol. The minimum absolute atomic E-state index is 0.282. The molecule has 0 radical (unpaired) electrons. The fourth-order valence-electron chi connectivity index (χ4n) is 2.10. The van der Waals surface area contributed by atoms with Crippen molar-refractivity contribution in [2.24, 2.45) is 4.99 Å². The van der Waals surface area contributed by atoms with E-state index in [2.05, 4.69) is 11.9 Å². The Labute approximate surface area is 120 Å². The molecular formula is C14H20N2O3S. The van der Waals surface area contributed by atoms with Gasteiger partial charge in [-0.15, -0.1) is 0 Å². The van der Waals surface area contributed by atoms with Gasteiger partial charge in [-0.1, -0.05) is 19.8 Å². The van der Waals surface area contributed by atoms with Gasteiger partial charge < -0.3 is 9.64 Å². The van der Waals surface area contributed by atoms with Crippen LogP contribution in [0.25, 0.3) is 0 Å². The molecule has 0 saturated heterocycles. The number of fused-ring (bicyclic) bond motifs is 1. The van der Waals surface area contributed by atoms with E-state index >= 15 is 0 Å². The summed E-state index contributed by atoms with van der Waals surface area (Å²) >= 11 is 0. The molecule has 0 bridgehead atoms. The van der Waals surface area contributed by atoms with Gasteiger partial charge in [-0.2, -0.15) is 0 Å². The second-order valence-corrected chi connectivity index (χ2v) is 6.09. The normalized spacial score (nSPS) is 17.4. The van der Waals surface area contributed by atoms with Crippen molar-refractivity contribution in [3.05, 3.63) is 12.3 Å². The predicted octanol–water partition coefficient (Wildman–Crippen LogP) is 1.42.